The molecule has 1 amide bonds. The number of likely N-dealkylation sites (N-methyl/N-ethyl adjacent to an activating group) is 1. The quantitative estimate of drug-likeness (QED) is 0.159. The summed E-state index contributed by atoms with van der Waals surface area (Å²) < 4.78 is 30.0. The van der Waals surface area contributed by atoms with Crippen LogP contribution < -0.4 is 19.5 Å². The molecule has 0 aromatic heterocycles. The SMILES string of the molecule is COc1c(C)cc2c(c1C)[C@H]1[C@@H]3Cc4c(O)c(C)c5c(c4[C@H](COC(=O)[C@@H](CSCC4c6ccccc6-c6ccccc64)NC(=O)OC(C)(C)C)N3[C@@H](C#N)C(C2)N1C)OCO5. The standard InChI is InChI=1S/C49H54N4O8S/c1-25-17-28-18-36-38(20-50)53-37(42(52(36)7)40(28)26(2)44(25)57-8)19-33-41(46-45(59-24-60-46)27(3)43(33)54)39(53)21-58-47(55)35(51-48(56)61-49(4,5)6)23-62-22-34-31-15-11-9-13-29(31)30-14-10-12-16-32(30)34/h9-17,34-39,42,54H,18-19,21-24H2,1-8H3,(H,51,56)/t35-,36?,37+,38+,39+,42-/m1/s1. The van der Waals surface area contributed by atoms with Crippen LogP contribution in [0.1, 0.15) is 88.8 Å². The van der Waals surface area contributed by atoms with Gasteiger partial charge >= 0.3 is 12.1 Å². The number of nitrogens with one attached hydrogen (secondary N) is 1. The average molecular weight is 859 g/mol. The Morgan fingerprint density at radius 3 is 2.32 bits per heavy atom. The third-order valence-corrected chi connectivity index (χ3v) is 14.6. The lowest BCUT2D eigenvalue weighted by molar-refractivity contribution is -0.151. The molecule has 2 bridgehead atoms. The molecule has 5 aliphatic rings. The molecule has 12 nitrogen and oxygen atoms in total. The van der Waals surface area contributed by atoms with Crippen LogP contribution in [0.5, 0.6) is 23.0 Å². The maximum Gasteiger partial charge on any atom is 0.408 e. The van der Waals surface area contributed by atoms with Crippen molar-refractivity contribution in [2.75, 3.05) is 39.1 Å². The summed E-state index contributed by atoms with van der Waals surface area (Å²) in [5.41, 5.74) is 10.4. The summed E-state index contributed by atoms with van der Waals surface area (Å²) in [6.07, 6.45) is 0.325. The molecule has 1 aliphatic carbocycles. The Morgan fingerprint density at radius 1 is 0.984 bits per heavy atom. The highest BCUT2D eigenvalue weighted by molar-refractivity contribution is 7.99. The van der Waals surface area contributed by atoms with E-state index < -0.39 is 35.8 Å². The number of rotatable bonds is 9. The van der Waals surface area contributed by atoms with Crippen molar-refractivity contribution < 1.29 is 38.4 Å². The summed E-state index contributed by atoms with van der Waals surface area (Å²) in [4.78, 5) is 32.4. The zero-order chi connectivity index (χ0) is 43.8. The summed E-state index contributed by atoms with van der Waals surface area (Å²) in [5, 5.41) is 25.9. The molecule has 4 heterocycles. The van der Waals surface area contributed by atoms with Gasteiger partial charge in [0.2, 0.25) is 6.79 Å². The Hall–Kier alpha value is -5.42. The Kier molecular flexibility index (Phi) is 10.8. The minimum absolute atomic E-state index is 0.0293. The van der Waals surface area contributed by atoms with E-state index in [1.165, 1.54) is 27.8 Å². The number of carbonyl (C=O) groups excluding carboxylic acids is 2. The van der Waals surface area contributed by atoms with Crippen molar-refractivity contribution >= 4 is 23.8 Å². The lowest BCUT2D eigenvalue weighted by Crippen LogP contribution is -2.68. The normalized spacial score (nSPS) is 22.6. The number of hydrogen-bond donors (Lipinski definition) is 2. The van der Waals surface area contributed by atoms with Crippen LogP contribution in [0.3, 0.4) is 0 Å². The predicted octanol–water partition coefficient (Wildman–Crippen LogP) is 7.81. The fourth-order valence-electron chi connectivity index (χ4n) is 11.0. The number of aromatic hydroxyl groups is 1. The number of esters is 1. The predicted molar refractivity (Wildman–Crippen MR) is 236 cm³/mol. The molecule has 0 spiro atoms. The van der Waals surface area contributed by atoms with Gasteiger partial charge in [0.15, 0.2) is 11.5 Å². The lowest BCUT2D eigenvalue weighted by atomic mass is 9.71. The number of methoxy groups -OCH3 is 1. The summed E-state index contributed by atoms with van der Waals surface area (Å²) >= 11 is 1.57. The van der Waals surface area contributed by atoms with E-state index in [2.05, 4.69) is 96.7 Å². The Bertz CT molecular complexity index is 2470. The second kappa shape index (κ2) is 16.0. The molecule has 2 N–H and O–H groups in total. The second-order valence-corrected chi connectivity index (χ2v) is 19.2. The van der Waals surface area contributed by atoms with Crippen molar-refractivity contribution in [2.45, 2.75) is 102 Å². The Balaban J connectivity index is 1.06. The van der Waals surface area contributed by atoms with Crippen LogP contribution in [-0.4, -0.2) is 95.8 Å². The third-order valence-electron chi connectivity index (χ3n) is 13.5. The number of nitriles is 1. The van der Waals surface area contributed by atoms with Crippen LogP contribution in [0.15, 0.2) is 54.6 Å². The maximum absolute atomic E-state index is 14.5. The number of hydrogen-bond acceptors (Lipinski definition) is 12. The molecule has 4 aliphatic heterocycles. The summed E-state index contributed by atoms with van der Waals surface area (Å²) in [6, 6.07) is 18.6. The maximum atomic E-state index is 14.5. The number of amides is 1. The van der Waals surface area contributed by atoms with Gasteiger partial charge in [-0.2, -0.15) is 17.0 Å². The topological polar surface area (TPSA) is 143 Å². The van der Waals surface area contributed by atoms with Crippen LogP contribution >= 0.6 is 11.8 Å². The van der Waals surface area contributed by atoms with Gasteiger partial charge in [-0.05, 0) is 106 Å². The number of ether oxygens (including phenoxy) is 5. The molecule has 1 saturated heterocycles. The summed E-state index contributed by atoms with van der Waals surface area (Å²) in [7, 11) is 3.77. The average Bonchev–Trinajstić information content (AvgIpc) is 3.85. The molecule has 0 saturated carbocycles. The summed E-state index contributed by atoms with van der Waals surface area (Å²) in [5.74, 6) is 2.24. The smallest absolute Gasteiger partial charge is 0.408 e. The minimum atomic E-state index is -1.05. The zero-order valence-corrected chi connectivity index (χ0v) is 37.4. The fourth-order valence-corrected chi connectivity index (χ4v) is 12.1. The number of aryl methyl sites for hydroxylation is 1. The molecule has 4 aromatic carbocycles. The van der Waals surface area contributed by atoms with Crippen molar-refractivity contribution in [2.24, 2.45) is 0 Å². The van der Waals surface area contributed by atoms with Crippen molar-refractivity contribution in [1.29, 1.82) is 5.26 Å². The highest BCUT2D eigenvalue weighted by atomic mass is 32.2. The van der Waals surface area contributed by atoms with E-state index in [-0.39, 0.29) is 48.9 Å². The number of phenols is 1. The van der Waals surface area contributed by atoms with Crippen LogP contribution in [0.2, 0.25) is 0 Å². The van der Waals surface area contributed by atoms with Crippen molar-refractivity contribution in [1.82, 2.24) is 15.1 Å². The Morgan fingerprint density at radius 2 is 1.66 bits per heavy atom. The number of fused-ring (bicyclic) bond motifs is 12. The van der Waals surface area contributed by atoms with Crippen LogP contribution in [0.25, 0.3) is 11.1 Å². The van der Waals surface area contributed by atoms with E-state index in [4.69, 9.17) is 23.7 Å². The van der Waals surface area contributed by atoms with E-state index in [0.717, 1.165) is 22.4 Å². The monoisotopic (exact) mass is 858 g/mol. The molecule has 0 radical (unpaired) electrons. The number of nitrogens with zero attached hydrogens (tertiary/aromatic N) is 3. The molecular weight excluding hydrogens is 805 g/mol. The third kappa shape index (κ3) is 6.91. The number of phenolic OH excluding ortho intramolecular Hbond substituents is 1. The van der Waals surface area contributed by atoms with Crippen LogP contribution in [-0.2, 0) is 27.1 Å². The van der Waals surface area contributed by atoms with Gasteiger partial charge in [0.25, 0.3) is 0 Å². The van der Waals surface area contributed by atoms with Crippen LogP contribution in [0, 0.1) is 32.1 Å². The number of thioether (sulfide) groups is 1. The van der Waals surface area contributed by atoms with Gasteiger partial charge in [0.1, 0.15) is 35.8 Å². The molecule has 1 unspecified atom stereocenters. The highest BCUT2D eigenvalue weighted by Crippen LogP contribution is 2.57. The Labute approximate surface area is 367 Å². The van der Waals surface area contributed by atoms with E-state index >= 15 is 0 Å². The lowest BCUT2D eigenvalue weighted by Gasteiger charge is -2.60. The number of piperazine rings is 1. The number of carbonyl (C=O) groups is 2. The van der Waals surface area contributed by atoms with E-state index in [1.807, 2.05) is 6.92 Å². The molecule has 13 heteroatoms. The van der Waals surface area contributed by atoms with Crippen molar-refractivity contribution in [3.05, 3.63) is 105 Å². The van der Waals surface area contributed by atoms with Gasteiger partial charge in [-0.25, -0.2) is 9.59 Å². The number of alkyl carbamates (subject to hydrolysis) is 1. The first-order chi connectivity index (χ1) is 29.7. The van der Waals surface area contributed by atoms with Crippen molar-refractivity contribution in [3.63, 3.8) is 0 Å². The van der Waals surface area contributed by atoms with Gasteiger partial charge in [-0.15, -0.1) is 0 Å². The second-order valence-electron chi connectivity index (χ2n) is 18.1. The van der Waals surface area contributed by atoms with Gasteiger partial charge in [0, 0.05) is 46.2 Å². The first-order valence-electron chi connectivity index (χ1n) is 21.3. The molecule has 9 rings (SSSR count). The van der Waals surface area contributed by atoms with E-state index in [1.54, 1.807) is 39.6 Å². The van der Waals surface area contributed by atoms with Gasteiger partial charge in [0.05, 0.1) is 25.3 Å². The van der Waals surface area contributed by atoms with Crippen molar-refractivity contribution in [3.8, 4) is 40.2 Å². The first-order valence-corrected chi connectivity index (χ1v) is 22.5. The molecule has 62 heavy (non-hydrogen) atoms. The first kappa shape index (κ1) is 41.9. The zero-order valence-electron chi connectivity index (χ0n) is 36.5. The van der Waals surface area contributed by atoms with Gasteiger partial charge in [-0.1, -0.05) is 54.6 Å². The van der Waals surface area contributed by atoms with Gasteiger partial charge in [-0.3, -0.25) is 9.80 Å². The van der Waals surface area contributed by atoms with Gasteiger partial charge < -0.3 is 34.1 Å². The van der Waals surface area contributed by atoms with E-state index in [9.17, 15) is 20.0 Å². The van der Waals surface area contributed by atoms with E-state index in [0.29, 0.717) is 46.8 Å². The fraction of sp³-hybridized carbons (Fsp3) is 0.449. The molecule has 4 aromatic rings. The number of benzene rings is 4. The molecule has 6 atom stereocenters. The highest BCUT2D eigenvalue weighted by Gasteiger charge is 2.56. The van der Waals surface area contributed by atoms with Crippen LogP contribution in [0.4, 0.5) is 4.79 Å². The minimum Gasteiger partial charge on any atom is -0.507 e. The largest absolute Gasteiger partial charge is 0.507 e. The molecule has 324 valence electrons. The molecule has 1 fully saturated rings. The summed E-state index contributed by atoms with van der Waals surface area (Å²) in [6.45, 7) is 11.1. The molecular formula is C49H54N4O8S.